The number of carbonyl (C=O) groups is 2. The Morgan fingerprint density at radius 2 is 1.08 bits per heavy atom. The number of carboxylic acids is 1. The van der Waals surface area contributed by atoms with Gasteiger partial charge in [0.1, 0.15) is 6.61 Å². The van der Waals surface area contributed by atoms with Crippen molar-refractivity contribution in [1.29, 1.82) is 0 Å². The number of aliphatic hydroxyl groups excluding tert-OH is 1. The molecule has 8 nitrogen and oxygen atoms in total. The SMILES string of the molecule is O=C(O)CCCCCCCCC(=O)OCCOCCOCCOCCO. The van der Waals surface area contributed by atoms with Gasteiger partial charge in [-0.1, -0.05) is 25.7 Å². The van der Waals surface area contributed by atoms with Gasteiger partial charge in [-0.15, -0.1) is 0 Å². The fourth-order valence-corrected chi connectivity index (χ4v) is 2.15. The molecule has 0 bridgehead atoms. The van der Waals surface area contributed by atoms with E-state index < -0.39 is 5.97 Å². The van der Waals surface area contributed by atoms with Crippen molar-refractivity contribution < 1.29 is 38.7 Å². The van der Waals surface area contributed by atoms with Crippen LogP contribution in [0.3, 0.4) is 0 Å². The number of hydrogen-bond acceptors (Lipinski definition) is 7. The van der Waals surface area contributed by atoms with Crippen LogP contribution in [0.2, 0.25) is 0 Å². The molecule has 154 valence electrons. The van der Waals surface area contributed by atoms with E-state index in [2.05, 4.69) is 0 Å². The highest BCUT2D eigenvalue weighted by molar-refractivity contribution is 5.69. The van der Waals surface area contributed by atoms with Crippen molar-refractivity contribution in [1.82, 2.24) is 0 Å². The summed E-state index contributed by atoms with van der Waals surface area (Å²) in [6.45, 7) is 2.70. The molecular formula is C18H34O8. The first-order valence-corrected chi connectivity index (χ1v) is 9.38. The largest absolute Gasteiger partial charge is 0.481 e. The van der Waals surface area contributed by atoms with Gasteiger partial charge in [-0.2, -0.15) is 0 Å². The van der Waals surface area contributed by atoms with E-state index in [1.807, 2.05) is 0 Å². The molecule has 0 amide bonds. The monoisotopic (exact) mass is 378 g/mol. The van der Waals surface area contributed by atoms with Gasteiger partial charge in [0.2, 0.25) is 0 Å². The molecule has 0 aliphatic heterocycles. The van der Waals surface area contributed by atoms with Crippen LogP contribution in [-0.4, -0.2) is 75.0 Å². The van der Waals surface area contributed by atoms with Gasteiger partial charge in [0.05, 0.1) is 46.2 Å². The lowest BCUT2D eigenvalue weighted by molar-refractivity contribution is -0.145. The summed E-state index contributed by atoms with van der Waals surface area (Å²) in [4.78, 5) is 21.9. The average molecular weight is 378 g/mol. The minimum atomic E-state index is -0.743. The minimum absolute atomic E-state index is 0.0103. The predicted molar refractivity (Wildman–Crippen MR) is 95.1 cm³/mol. The second-order valence-electron chi connectivity index (χ2n) is 5.80. The van der Waals surface area contributed by atoms with E-state index in [1.54, 1.807) is 0 Å². The van der Waals surface area contributed by atoms with Crippen molar-refractivity contribution in [2.75, 3.05) is 52.9 Å². The number of carboxylic acid groups (broad SMARTS) is 1. The third-order valence-electron chi connectivity index (χ3n) is 3.49. The highest BCUT2D eigenvalue weighted by Crippen LogP contribution is 2.09. The van der Waals surface area contributed by atoms with Crippen LogP contribution in [0.25, 0.3) is 0 Å². The second-order valence-corrected chi connectivity index (χ2v) is 5.80. The molecule has 0 heterocycles. The first-order valence-electron chi connectivity index (χ1n) is 9.38. The lowest BCUT2D eigenvalue weighted by Gasteiger charge is -2.07. The molecule has 0 saturated heterocycles. The van der Waals surface area contributed by atoms with Gasteiger partial charge in [0.25, 0.3) is 0 Å². The normalized spacial score (nSPS) is 10.8. The molecule has 8 heteroatoms. The molecule has 0 aromatic heterocycles. The van der Waals surface area contributed by atoms with Crippen LogP contribution in [0.4, 0.5) is 0 Å². The smallest absolute Gasteiger partial charge is 0.305 e. The van der Waals surface area contributed by atoms with E-state index in [0.29, 0.717) is 46.1 Å². The Bertz CT molecular complexity index is 335. The lowest BCUT2D eigenvalue weighted by atomic mass is 10.1. The van der Waals surface area contributed by atoms with Crippen molar-refractivity contribution >= 4 is 11.9 Å². The van der Waals surface area contributed by atoms with Crippen LogP contribution in [0, 0.1) is 0 Å². The predicted octanol–water partition coefficient (Wildman–Crippen LogP) is 1.78. The van der Waals surface area contributed by atoms with Gasteiger partial charge >= 0.3 is 11.9 Å². The highest BCUT2D eigenvalue weighted by Gasteiger charge is 2.03. The molecule has 26 heavy (non-hydrogen) atoms. The Balaban J connectivity index is 3.16. The number of unbranched alkanes of at least 4 members (excludes halogenated alkanes) is 5. The molecule has 0 aliphatic rings. The summed E-state index contributed by atoms with van der Waals surface area (Å²) < 4.78 is 20.6. The molecule has 0 unspecified atom stereocenters. The van der Waals surface area contributed by atoms with Crippen molar-refractivity contribution in [3.8, 4) is 0 Å². The van der Waals surface area contributed by atoms with Gasteiger partial charge < -0.3 is 29.2 Å². The van der Waals surface area contributed by atoms with Gasteiger partial charge in [0, 0.05) is 12.8 Å². The van der Waals surface area contributed by atoms with Crippen LogP contribution in [0.1, 0.15) is 51.4 Å². The third-order valence-corrected chi connectivity index (χ3v) is 3.49. The molecule has 0 fully saturated rings. The Kier molecular flexibility index (Phi) is 19.2. The zero-order valence-electron chi connectivity index (χ0n) is 15.7. The Morgan fingerprint density at radius 3 is 1.62 bits per heavy atom. The summed E-state index contributed by atoms with van der Waals surface area (Å²) in [6, 6.07) is 0. The highest BCUT2D eigenvalue weighted by atomic mass is 16.6. The summed E-state index contributed by atoms with van der Waals surface area (Å²) in [5.41, 5.74) is 0. The molecule has 0 aliphatic carbocycles. The van der Waals surface area contributed by atoms with E-state index in [0.717, 1.165) is 38.5 Å². The molecule has 2 N–H and O–H groups in total. The van der Waals surface area contributed by atoms with Gasteiger partial charge in [-0.05, 0) is 12.8 Å². The molecule has 0 saturated carbocycles. The van der Waals surface area contributed by atoms with Crippen molar-refractivity contribution in [2.45, 2.75) is 51.4 Å². The topological polar surface area (TPSA) is 112 Å². The molecule has 0 spiro atoms. The number of hydrogen-bond donors (Lipinski definition) is 2. The van der Waals surface area contributed by atoms with Crippen LogP contribution in [0.15, 0.2) is 0 Å². The first kappa shape index (κ1) is 24.8. The quantitative estimate of drug-likeness (QED) is 0.244. The Hall–Kier alpha value is -1.22. The zero-order valence-corrected chi connectivity index (χ0v) is 15.7. The standard InChI is InChI=1S/C18H34O8/c19-9-10-23-11-12-24-13-14-25-15-16-26-18(22)8-6-4-2-1-3-5-7-17(20)21/h19H,1-16H2,(H,20,21). The number of carbonyl (C=O) groups excluding carboxylic acids is 1. The molecule has 0 aromatic rings. The van der Waals surface area contributed by atoms with Gasteiger partial charge in [-0.3, -0.25) is 9.59 Å². The van der Waals surface area contributed by atoms with Gasteiger partial charge in [0.15, 0.2) is 0 Å². The fourth-order valence-electron chi connectivity index (χ4n) is 2.15. The molecule has 0 atom stereocenters. The summed E-state index contributed by atoms with van der Waals surface area (Å²) in [6.07, 6.45) is 6.06. The van der Waals surface area contributed by atoms with Crippen molar-refractivity contribution in [2.24, 2.45) is 0 Å². The molecule has 0 aromatic carbocycles. The maximum Gasteiger partial charge on any atom is 0.305 e. The van der Waals surface area contributed by atoms with Crippen LogP contribution in [-0.2, 0) is 28.5 Å². The maximum atomic E-state index is 11.5. The minimum Gasteiger partial charge on any atom is -0.481 e. The van der Waals surface area contributed by atoms with Gasteiger partial charge in [-0.25, -0.2) is 0 Å². The summed E-state index contributed by atoms with van der Waals surface area (Å²) in [5, 5.41) is 17.0. The van der Waals surface area contributed by atoms with E-state index in [9.17, 15) is 9.59 Å². The second kappa shape index (κ2) is 20.1. The maximum absolute atomic E-state index is 11.5. The Labute approximate surface area is 155 Å². The number of rotatable bonds is 20. The number of ether oxygens (including phenoxy) is 4. The van der Waals surface area contributed by atoms with E-state index in [1.165, 1.54) is 0 Å². The average Bonchev–Trinajstić information content (AvgIpc) is 2.61. The third kappa shape index (κ3) is 20.8. The van der Waals surface area contributed by atoms with E-state index >= 15 is 0 Å². The summed E-state index contributed by atoms with van der Waals surface area (Å²) >= 11 is 0. The van der Waals surface area contributed by atoms with Crippen LogP contribution in [0.5, 0.6) is 0 Å². The van der Waals surface area contributed by atoms with Crippen LogP contribution >= 0.6 is 0 Å². The number of aliphatic hydroxyl groups is 1. The lowest BCUT2D eigenvalue weighted by Crippen LogP contribution is -2.14. The molecule has 0 rings (SSSR count). The van der Waals surface area contributed by atoms with Crippen molar-refractivity contribution in [3.05, 3.63) is 0 Å². The number of esters is 1. The molecule has 0 radical (unpaired) electrons. The number of aliphatic carboxylic acids is 1. The van der Waals surface area contributed by atoms with E-state index in [4.69, 9.17) is 29.2 Å². The first-order chi connectivity index (χ1) is 12.7. The summed E-state index contributed by atoms with van der Waals surface area (Å²) in [5.74, 6) is -0.954. The fraction of sp³-hybridized carbons (Fsp3) is 0.889. The zero-order chi connectivity index (χ0) is 19.3. The Morgan fingerprint density at radius 1 is 0.615 bits per heavy atom. The molecular weight excluding hydrogens is 344 g/mol. The van der Waals surface area contributed by atoms with Crippen LogP contribution < -0.4 is 0 Å². The van der Waals surface area contributed by atoms with Crippen molar-refractivity contribution in [3.63, 3.8) is 0 Å². The summed E-state index contributed by atoms with van der Waals surface area (Å²) in [7, 11) is 0. The van der Waals surface area contributed by atoms with E-state index in [-0.39, 0.29) is 25.6 Å².